The first kappa shape index (κ1) is 15.9. The second kappa shape index (κ2) is 6.36. The van der Waals surface area contributed by atoms with Crippen LogP contribution in [0.2, 0.25) is 0 Å². The molecule has 0 fully saturated rings. The van der Waals surface area contributed by atoms with Gasteiger partial charge in [0, 0.05) is 0 Å². The standard InChI is InChI=1S/C12H11F4NO3/c13-6-9(11(19)20)17-10(18)5-7-3-1-2-4-8(7)12(14,15)16/h1-4,9H,5-6H2,(H,17,18)(H,19,20). The summed E-state index contributed by atoms with van der Waals surface area (Å²) in [4.78, 5) is 22.0. The number of halogens is 4. The van der Waals surface area contributed by atoms with E-state index >= 15 is 0 Å². The summed E-state index contributed by atoms with van der Waals surface area (Å²) in [5.41, 5.74) is -1.29. The van der Waals surface area contributed by atoms with Gasteiger partial charge >= 0.3 is 12.1 Å². The van der Waals surface area contributed by atoms with Crippen molar-refractivity contribution in [2.45, 2.75) is 18.6 Å². The SMILES string of the molecule is O=C(Cc1ccccc1C(F)(F)F)NC(CF)C(=O)O. The van der Waals surface area contributed by atoms with Crippen LogP contribution in [0.4, 0.5) is 17.6 Å². The van der Waals surface area contributed by atoms with Crippen LogP contribution in [0.1, 0.15) is 11.1 Å². The van der Waals surface area contributed by atoms with E-state index in [1.54, 1.807) is 0 Å². The van der Waals surface area contributed by atoms with Crippen LogP contribution < -0.4 is 5.32 Å². The number of alkyl halides is 4. The number of carbonyl (C=O) groups excluding carboxylic acids is 1. The minimum absolute atomic E-state index is 0.305. The van der Waals surface area contributed by atoms with Crippen molar-refractivity contribution in [3.05, 3.63) is 35.4 Å². The fourth-order valence-electron chi connectivity index (χ4n) is 1.54. The number of nitrogens with one attached hydrogen (secondary N) is 1. The fourth-order valence-corrected chi connectivity index (χ4v) is 1.54. The molecular formula is C12H11F4NO3. The molecule has 0 saturated heterocycles. The zero-order valence-electron chi connectivity index (χ0n) is 10.1. The highest BCUT2D eigenvalue weighted by atomic mass is 19.4. The Kier molecular flexibility index (Phi) is 5.06. The summed E-state index contributed by atoms with van der Waals surface area (Å²) in [6, 6.07) is 2.65. The maximum atomic E-state index is 12.7. The van der Waals surface area contributed by atoms with Gasteiger partial charge in [-0.05, 0) is 11.6 Å². The Labute approximate surface area is 111 Å². The molecule has 1 atom stereocenters. The third-order valence-corrected chi connectivity index (χ3v) is 2.46. The predicted molar refractivity (Wildman–Crippen MR) is 60.7 cm³/mol. The number of amides is 1. The van der Waals surface area contributed by atoms with E-state index in [0.29, 0.717) is 0 Å². The third-order valence-electron chi connectivity index (χ3n) is 2.46. The predicted octanol–water partition coefficient (Wildman–Crippen LogP) is 1.79. The number of carboxylic acids is 1. The number of benzene rings is 1. The largest absolute Gasteiger partial charge is 0.480 e. The van der Waals surface area contributed by atoms with Crippen LogP contribution >= 0.6 is 0 Å². The molecule has 0 aliphatic heterocycles. The van der Waals surface area contributed by atoms with E-state index in [0.717, 1.165) is 12.1 Å². The van der Waals surface area contributed by atoms with Crippen LogP contribution in [0.25, 0.3) is 0 Å². The van der Waals surface area contributed by atoms with Crippen molar-refractivity contribution in [1.29, 1.82) is 0 Å². The second-order valence-electron chi connectivity index (χ2n) is 3.94. The molecule has 0 aliphatic rings. The van der Waals surface area contributed by atoms with Crippen LogP contribution in [0.3, 0.4) is 0 Å². The smallest absolute Gasteiger partial charge is 0.416 e. The summed E-state index contributed by atoms with van der Waals surface area (Å²) < 4.78 is 50.3. The molecule has 1 aromatic carbocycles. The molecule has 0 spiro atoms. The topological polar surface area (TPSA) is 66.4 Å². The molecule has 8 heteroatoms. The summed E-state index contributed by atoms with van der Waals surface area (Å²) in [6.45, 7) is -1.35. The van der Waals surface area contributed by atoms with Crippen molar-refractivity contribution < 1.29 is 32.3 Å². The summed E-state index contributed by atoms with van der Waals surface area (Å²) in [7, 11) is 0. The van der Waals surface area contributed by atoms with Gasteiger partial charge in [-0.25, -0.2) is 9.18 Å². The summed E-state index contributed by atoms with van der Waals surface area (Å²) in [6.07, 6.45) is -5.30. The van der Waals surface area contributed by atoms with Crippen LogP contribution in [-0.2, 0) is 22.2 Å². The number of carboxylic acid groups (broad SMARTS) is 1. The Bertz CT molecular complexity index is 502. The van der Waals surface area contributed by atoms with Gasteiger partial charge in [0.05, 0.1) is 12.0 Å². The zero-order valence-corrected chi connectivity index (χ0v) is 10.1. The van der Waals surface area contributed by atoms with Crippen LogP contribution in [0, 0.1) is 0 Å². The highest BCUT2D eigenvalue weighted by Gasteiger charge is 2.33. The normalized spacial score (nSPS) is 12.8. The summed E-state index contributed by atoms with van der Waals surface area (Å²) in [5.74, 6) is -2.59. The number of aliphatic carboxylic acids is 1. The minimum atomic E-state index is -4.62. The second-order valence-corrected chi connectivity index (χ2v) is 3.94. The fraction of sp³-hybridized carbons (Fsp3) is 0.333. The van der Waals surface area contributed by atoms with Gasteiger partial charge < -0.3 is 10.4 Å². The van der Waals surface area contributed by atoms with Crippen LogP contribution in [-0.4, -0.2) is 29.7 Å². The van der Waals surface area contributed by atoms with Crippen LogP contribution in [0.15, 0.2) is 24.3 Å². The van der Waals surface area contributed by atoms with E-state index < -0.39 is 42.8 Å². The Morgan fingerprint density at radius 1 is 1.25 bits per heavy atom. The first-order chi connectivity index (χ1) is 9.25. The highest BCUT2D eigenvalue weighted by Crippen LogP contribution is 2.31. The van der Waals surface area contributed by atoms with Gasteiger partial charge in [-0.3, -0.25) is 4.79 Å². The van der Waals surface area contributed by atoms with Crippen molar-refractivity contribution in [2.24, 2.45) is 0 Å². The molecule has 4 nitrogen and oxygen atoms in total. The van der Waals surface area contributed by atoms with Gasteiger partial charge in [0.2, 0.25) is 5.91 Å². The van der Waals surface area contributed by atoms with E-state index in [1.165, 1.54) is 12.1 Å². The lowest BCUT2D eigenvalue weighted by atomic mass is 10.0. The molecule has 0 aliphatic carbocycles. The first-order valence-electron chi connectivity index (χ1n) is 5.49. The summed E-state index contributed by atoms with van der Waals surface area (Å²) in [5, 5.41) is 10.3. The zero-order chi connectivity index (χ0) is 15.3. The van der Waals surface area contributed by atoms with Crippen molar-refractivity contribution in [1.82, 2.24) is 5.32 Å². The first-order valence-corrected chi connectivity index (χ1v) is 5.49. The molecule has 1 amide bonds. The van der Waals surface area contributed by atoms with Crippen LogP contribution in [0.5, 0.6) is 0 Å². The lowest BCUT2D eigenvalue weighted by Crippen LogP contribution is -2.43. The van der Waals surface area contributed by atoms with E-state index in [9.17, 15) is 27.2 Å². The third kappa shape index (κ3) is 4.22. The average molecular weight is 293 g/mol. The Hall–Kier alpha value is -2.12. The van der Waals surface area contributed by atoms with Gasteiger partial charge in [0.1, 0.15) is 6.67 Å². The molecule has 110 valence electrons. The van der Waals surface area contributed by atoms with Gasteiger partial charge in [0.15, 0.2) is 6.04 Å². The van der Waals surface area contributed by atoms with E-state index in [1.807, 2.05) is 5.32 Å². The van der Waals surface area contributed by atoms with E-state index in [4.69, 9.17) is 5.11 Å². The van der Waals surface area contributed by atoms with Crippen molar-refractivity contribution in [2.75, 3.05) is 6.67 Å². The molecule has 0 aromatic heterocycles. The van der Waals surface area contributed by atoms with Crippen molar-refractivity contribution in [3.8, 4) is 0 Å². The number of hydrogen-bond donors (Lipinski definition) is 2. The Balaban J connectivity index is 2.84. The number of carbonyl (C=O) groups is 2. The average Bonchev–Trinajstić information content (AvgIpc) is 2.35. The maximum absolute atomic E-state index is 12.7. The number of rotatable bonds is 5. The van der Waals surface area contributed by atoms with Crippen molar-refractivity contribution in [3.63, 3.8) is 0 Å². The Morgan fingerprint density at radius 2 is 1.85 bits per heavy atom. The lowest BCUT2D eigenvalue weighted by molar-refractivity contribution is -0.142. The molecule has 1 aromatic rings. The summed E-state index contributed by atoms with van der Waals surface area (Å²) >= 11 is 0. The minimum Gasteiger partial charge on any atom is -0.480 e. The molecular weight excluding hydrogens is 282 g/mol. The van der Waals surface area contributed by atoms with Gasteiger partial charge in [-0.1, -0.05) is 18.2 Å². The molecule has 2 N–H and O–H groups in total. The molecule has 0 bridgehead atoms. The monoisotopic (exact) mass is 293 g/mol. The highest BCUT2D eigenvalue weighted by molar-refractivity contribution is 5.85. The molecule has 0 heterocycles. The molecule has 0 radical (unpaired) electrons. The lowest BCUT2D eigenvalue weighted by Gasteiger charge is -2.14. The van der Waals surface area contributed by atoms with E-state index in [2.05, 4.69) is 0 Å². The van der Waals surface area contributed by atoms with Gasteiger partial charge in [-0.15, -0.1) is 0 Å². The quantitative estimate of drug-likeness (QED) is 0.813. The molecule has 1 unspecified atom stereocenters. The van der Waals surface area contributed by atoms with E-state index in [-0.39, 0.29) is 5.56 Å². The van der Waals surface area contributed by atoms with Gasteiger partial charge in [0.25, 0.3) is 0 Å². The number of hydrogen-bond acceptors (Lipinski definition) is 2. The Morgan fingerprint density at radius 3 is 2.35 bits per heavy atom. The maximum Gasteiger partial charge on any atom is 0.416 e. The van der Waals surface area contributed by atoms with Gasteiger partial charge in [-0.2, -0.15) is 13.2 Å². The van der Waals surface area contributed by atoms with Crippen molar-refractivity contribution >= 4 is 11.9 Å². The molecule has 20 heavy (non-hydrogen) atoms. The molecule has 1 rings (SSSR count). The molecule has 0 saturated carbocycles.